The summed E-state index contributed by atoms with van der Waals surface area (Å²) in [6.07, 6.45) is 2.20. The Hall–Kier alpha value is -1.92. The molecule has 0 radical (unpaired) electrons. The standard InChI is InChI=1S/C5H6N4O3/c6-5(10)3-8-2-4(1-7-8)9(11)12/h1-2H,3H2,(H2,6,10). The van der Waals surface area contributed by atoms with Gasteiger partial charge in [0.25, 0.3) is 0 Å². The lowest BCUT2D eigenvalue weighted by molar-refractivity contribution is -0.385. The van der Waals surface area contributed by atoms with Crippen LogP contribution in [0.3, 0.4) is 0 Å². The van der Waals surface area contributed by atoms with Gasteiger partial charge in [0.2, 0.25) is 5.91 Å². The lowest BCUT2D eigenvalue weighted by atomic mass is 10.6. The molecule has 1 aromatic heterocycles. The van der Waals surface area contributed by atoms with E-state index in [0.29, 0.717) is 0 Å². The van der Waals surface area contributed by atoms with Crippen LogP contribution in [-0.2, 0) is 11.3 Å². The average Bonchev–Trinajstić information content (AvgIpc) is 2.34. The number of nitrogens with two attached hydrogens (primary N) is 1. The highest BCUT2D eigenvalue weighted by molar-refractivity contribution is 5.73. The highest BCUT2D eigenvalue weighted by Gasteiger charge is 2.09. The van der Waals surface area contributed by atoms with Crippen LogP contribution in [0.5, 0.6) is 0 Å². The number of carbonyl (C=O) groups is 1. The second kappa shape index (κ2) is 2.99. The van der Waals surface area contributed by atoms with Crippen LogP contribution in [0.2, 0.25) is 0 Å². The monoisotopic (exact) mass is 170 g/mol. The van der Waals surface area contributed by atoms with Crippen LogP contribution >= 0.6 is 0 Å². The molecule has 0 unspecified atom stereocenters. The Morgan fingerprint density at radius 1 is 1.83 bits per heavy atom. The molecule has 0 aliphatic carbocycles. The van der Waals surface area contributed by atoms with E-state index in [4.69, 9.17) is 5.73 Å². The largest absolute Gasteiger partial charge is 0.368 e. The van der Waals surface area contributed by atoms with Crippen LogP contribution in [0, 0.1) is 10.1 Å². The van der Waals surface area contributed by atoms with E-state index in [0.717, 1.165) is 17.1 Å². The van der Waals surface area contributed by atoms with Crippen molar-refractivity contribution in [1.82, 2.24) is 9.78 Å². The number of amides is 1. The molecule has 7 heteroatoms. The number of aromatic nitrogens is 2. The first-order valence-electron chi connectivity index (χ1n) is 3.05. The molecule has 1 aromatic rings. The molecule has 0 bridgehead atoms. The molecule has 0 aliphatic rings. The van der Waals surface area contributed by atoms with Crippen molar-refractivity contribution in [3.05, 3.63) is 22.5 Å². The normalized spacial score (nSPS) is 9.67. The van der Waals surface area contributed by atoms with Crippen molar-refractivity contribution >= 4 is 11.6 Å². The van der Waals surface area contributed by atoms with Gasteiger partial charge >= 0.3 is 5.69 Å². The maximum atomic E-state index is 10.3. The summed E-state index contributed by atoms with van der Waals surface area (Å²) in [6.45, 7) is -0.145. The van der Waals surface area contributed by atoms with E-state index in [9.17, 15) is 14.9 Å². The molecule has 2 N–H and O–H groups in total. The van der Waals surface area contributed by atoms with E-state index in [2.05, 4.69) is 5.10 Å². The molecule has 0 saturated carbocycles. The number of hydrogen-bond acceptors (Lipinski definition) is 4. The Morgan fingerprint density at radius 3 is 2.92 bits per heavy atom. The van der Waals surface area contributed by atoms with Crippen molar-refractivity contribution in [2.24, 2.45) is 5.73 Å². The number of hydrogen-bond donors (Lipinski definition) is 1. The lowest BCUT2D eigenvalue weighted by Crippen LogP contribution is -2.18. The summed E-state index contributed by atoms with van der Waals surface area (Å²) in [6, 6.07) is 0. The molecular formula is C5H6N4O3. The van der Waals surface area contributed by atoms with E-state index < -0.39 is 10.8 Å². The molecule has 0 aliphatic heterocycles. The zero-order valence-electron chi connectivity index (χ0n) is 6.01. The third-order valence-corrected chi connectivity index (χ3v) is 1.15. The number of rotatable bonds is 3. The van der Waals surface area contributed by atoms with Crippen LogP contribution in [0.15, 0.2) is 12.4 Å². The predicted molar refractivity (Wildman–Crippen MR) is 38.1 cm³/mol. The van der Waals surface area contributed by atoms with Crippen molar-refractivity contribution in [2.45, 2.75) is 6.54 Å². The van der Waals surface area contributed by atoms with Gasteiger partial charge in [0, 0.05) is 0 Å². The molecule has 0 spiro atoms. The van der Waals surface area contributed by atoms with Crippen LogP contribution < -0.4 is 5.73 Å². The summed E-state index contributed by atoms with van der Waals surface area (Å²) >= 11 is 0. The van der Waals surface area contributed by atoms with Gasteiger partial charge in [-0.3, -0.25) is 19.6 Å². The van der Waals surface area contributed by atoms with Gasteiger partial charge in [0.1, 0.15) is 18.9 Å². The molecule has 64 valence electrons. The predicted octanol–water partition coefficient (Wildman–Crippen LogP) is -0.723. The van der Waals surface area contributed by atoms with Gasteiger partial charge in [0.05, 0.1) is 4.92 Å². The second-order valence-electron chi connectivity index (χ2n) is 2.12. The highest BCUT2D eigenvalue weighted by Crippen LogP contribution is 2.06. The molecular weight excluding hydrogens is 164 g/mol. The summed E-state index contributed by atoms with van der Waals surface area (Å²) in [5.74, 6) is -0.590. The van der Waals surface area contributed by atoms with E-state index >= 15 is 0 Å². The van der Waals surface area contributed by atoms with Crippen LogP contribution in [-0.4, -0.2) is 20.6 Å². The van der Waals surface area contributed by atoms with Gasteiger partial charge in [-0.2, -0.15) is 5.10 Å². The third-order valence-electron chi connectivity index (χ3n) is 1.15. The minimum absolute atomic E-state index is 0.145. The van der Waals surface area contributed by atoms with Crippen molar-refractivity contribution in [1.29, 1.82) is 0 Å². The Labute approximate surface area is 66.9 Å². The van der Waals surface area contributed by atoms with Crippen molar-refractivity contribution in [3.63, 3.8) is 0 Å². The van der Waals surface area contributed by atoms with Crippen LogP contribution in [0.1, 0.15) is 0 Å². The number of primary amides is 1. The molecule has 1 rings (SSSR count). The molecule has 7 nitrogen and oxygen atoms in total. The zero-order valence-corrected chi connectivity index (χ0v) is 6.01. The fourth-order valence-corrected chi connectivity index (χ4v) is 0.693. The first-order valence-corrected chi connectivity index (χ1v) is 3.05. The van der Waals surface area contributed by atoms with E-state index in [1.165, 1.54) is 0 Å². The highest BCUT2D eigenvalue weighted by atomic mass is 16.6. The SMILES string of the molecule is NC(=O)Cn1cc([N+](=O)[O-])cn1. The molecule has 0 aromatic carbocycles. The first kappa shape index (κ1) is 8.18. The zero-order chi connectivity index (χ0) is 9.14. The maximum Gasteiger partial charge on any atom is 0.307 e. The molecule has 0 saturated heterocycles. The Bertz CT molecular complexity index is 318. The number of carbonyl (C=O) groups excluding carboxylic acids is 1. The third kappa shape index (κ3) is 1.78. The fourth-order valence-electron chi connectivity index (χ4n) is 0.693. The van der Waals surface area contributed by atoms with E-state index in [-0.39, 0.29) is 12.2 Å². The Morgan fingerprint density at radius 2 is 2.50 bits per heavy atom. The fraction of sp³-hybridized carbons (Fsp3) is 0.200. The molecule has 0 atom stereocenters. The second-order valence-corrected chi connectivity index (χ2v) is 2.12. The molecule has 0 fully saturated rings. The van der Waals surface area contributed by atoms with Gasteiger partial charge in [0.15, 0.2) is 0 Å². The van der Waals surface area contributed by atoms with E-state index in [1.807, 2.05) is 0 Å². The molecule has 1 heterocycles. The lowest BCUT2D eigenvalue weighted by Gasteiger charge is -1.92. The van der Waals surface area contributed by atoms with Crippen LogP contribution in [0.4, 0.5) is 5.69 Å². The van der Waals surface area contributed by atoms with Gasteiger partial charge in [-0.05, 0) is 0 Å². The number of nitro groups is 1. The first-order chi connectivity index (χ1) is 5.59. The number of nitrogens with zero attached hydrogens (tertiary/aromatic N) is 3. The Balaban J connectivity index is 2.77. The van der Waals surface area contributed by atoms with Crippen molar-refractivity contribution < 1.29 is 9.72 Å². The van der Waals surface area contributed by atoms with Gasteiger partial charge < -0.3 is 5.73 Å². The van der Waals surface area contributed by atoms with E-state index in [1.54, 1.807) is 0 Å². The van der Waals surface area contributed by atoms with Crippen LogP contribution in [0.25, 0.3) is 0 Å². The quantitative estimate of drug-likeness (QED) is 0.477. The summed E-state index contributed by atoms with van der Waals surface area (Å²) < 4.78 is 1.11. The smallest absolute Gasteiger partial charge is 0.307 e. The summed E-state index contributed by atoms with van der Waals surface area (Å²) in [4.78, 5) is 19.9. The summed E-state index contributed by atoms with van der Waals surface area (Å²) in [7, 11) is 0. The topological polar surface area (TPSA) is 104 Å². The summed E-state index contributed by atoms with van der Waals surface area (Å²) in [5, 5.41) is 13.7. The van der Waals surface area contributed by atoms with Crippen molar-refractivity contribution in [2.75, 3.05) is 0 Å². The Kier molecular flexibility index (Phi) is 2.04. The minimum atomic E-state index is -0.593. The average molecular weight is 170 g/mol. The minimum Gasteiger partial charge on any atom is -0.368 e. The summed E-state index contributed by atoms with van der Waals surface area (Å²) in [5.41, 5.74) is 4.68. The molecule has 1 amide bonds. The van der Waals surface area contributed by atoms with Gasteiger partial charge in [-0.25, -0.2) is 0 Å². The maximum absolute atomic E-state index is 10.3. The van der Waals surface area contributed by atoms with Gasteiger partial charge in [-0.1, -0.05) is 0 Å². The van der Waals surface area contributed by atoms with Crippen molar-refractivity contribution in [3.8, 4) is 0 Å². The molecule has 12 heavy (non-hydrogen) atoms. The van der Waals surface area contributed by atoms with Gasteiger partial charge in [-0.15, -0.1) is 0 Å².